The molecule has 0 N–H and O–H groups in total. The first kappa shape index (κ1) is 18.5. The Hall–Kier alpha value is -2.25. The lowest BCUT2D eigenvalue weighted by molar-refractivity contribution is 0.0600. The van der Waals surface area contributed by atoms with Crippen molar-refractivity contribution < 1.29 is 22.7 Å². The molecule has 0 spiro atoms. The number of methoxy groups -OCH3 is 2. The van der Waals surface area contributed by atoms with Gasteiger partial charge < -0.3 is 9.47 Å². The molecular weight excluding hydrogens is 378 g/mol. The third-order valence-electron chi connectivity index (χ3n) is 4.40. The Kier molecular flexibility index (Phi) is 4.86. The largest absolute Gasteiger partial charge is 0.495 e. The highest BCUT2D eigenvalue weighted by molar-refractivity contribution is 7.93. The molecule has 0 atom stereocenters. The van der Waals surface area contributed by atoms with E-state index in [0.717, 1.165) is 11.1 Å². The molecule has 1 heterocycles. The van der Waals surface area contributed by atoms with Crippen molar-refractivity contribution in [1.29, 1.82) is 0 Å². The molecule has 0 fully saturated rings. The molecule has 0 saturated carbocycles. The second-order valence-electron chi connectivity index (χ2n) is 5.90. The predicted molar refractivity (Wildman–Crippen MR) is 98.8 cm³/mol. The fourth-order valence-corrected chi connectivity index (χ4v) is 5.05. The highest BCUT2D eigenvalue weighted by Crippen LogP contribution is 2.38. The standard InChI is InChI=1S/C18H18ClNO5S/c1-11-8-12(18(21)25-3)9-15-14(11)6-7-20(15)26(22,23)17-10-13(19)4-5-16(17)24-2/h4-5,8-10H,6-7H2,1-3H3. The summed E-state index contributed by atoms with van der Waals surface area (Å²) in [5.74, 6) is -0.302. The molecule has 0 bridgehead atoms. The van der Waals surface area contributed by atoms with Crippen LogP contribution in [0.3, 0.4) is 0 Å². The molecule has 2 aromatic carbocycles. The Morgan fingerprint density at radius 1 is 1.19 bits per heavy atom. The van der Waals surface area contributed by atoms with Crippen LogP contribution in [0.1, 0.15) is 21.5 Å². The summed E-state index contributed by atoms with van der Waals surface area (Å²) in [6.45, 7) is 2.13. The second-order valence-corrected chi connectivity index (χ2v) is 8.17. The molecule has 0 saturated heterocycles. The van der Waals surface area contributed by atoms with Gasteiger partial charge in [-0.2, -0.15) is 0 Å². The van der Waals surface area contributed by atoms with Gasteiger partial charge >= 0.3 is 5.97 Å². The molecular formula is C18H18ClNO5S. The van der Waals surface area contributed by atoms with Crippen molar-refractivity contribution >= 4 is 33.3 Å². The molecule has 0 aliphatic carbocycles. The molecule has 0 aromatic heterocycles. The fourth-order valence-electron chi connectivity index (χ4n) is 3.14. The average molecular weight is 396 g/mol. The lowest BCUT2D eigenvalue weighted by Gasteiger charge is -2.22. The molecule has 0 radical (unpaired) electrons. The van der Waals surface area contributed by atoms with Crippen molar-refractivity contribution in [2.45, 2.75) is 18.2 Å². The topological polar surface area (TPSA) is 72.9 Å². The third kappa shape index (κ3) is 3.01. The van der Waals surface area contributed by atoms with Gasteiger partial charge in [-0.05, 0) is 54.8 Å². The first-order valence-electron chi connectivity index (χ1n) is 7.87. The molecule has 1 aliphatic heterocycles. The number of carbonyl (C=O) groups excluding carboxylic acids is 1. The summed E-state index contributed by atoms with van der Waals surface area (Å²) in [6, 6.07) is 7.71. The first-order valence-corrected chi connectivity index (χ1v) is 9.69. The molecule has 138 valence electrons. The maximum atomic E-state index is 13.3. The Morgan fingerprint density at radius 2 is 1.92 bits per heavy atom. The van der Waals surface area contributed by atoms with Gasteiger partial charge in [0.25, 0.3) is 10.0 Å². The first-order chi connectivity index (χ1) is 12.3. The van der Waals surface area contributed by atoms with Gasteiger partial charge in [0.2, 0.25) is 0 Å². The number of anilines is 1. The van der Waals surface area contributed by atoms with E-state index in [1.807, 2.05) is 6.92 Å². The highest BCUT2D eigenvalue weighted by Gasteiger charge is 2.34. The molecule has 1 aliphatic rings. The number of carbonyl (C=O) groups is 1. The van der Waals surface area contributed by atoms with Crippen molar-refractivity contribution in [3.63, 3.8) is 0 Å². The molecule has 3 rings (SSSR count). The summed E-state index contributed by atoms with van der Waals surface area (Å²) in [5, 5.41) is 0.295. The van der Waals surface area contributed by atoms with E-state index in [4.69, 9.17) is 21.1 Å². The van der Waals surface area contributed by atoms with E-state index in [2.05, 4.69) is 0 Å². The second kappa shape index (κ2) is 6.81. The zero-order valence-electron chi connectivity index (χ0n) is 14.6. The number of hydrogen-bond acceptors (Lipinski definition) is 5. The smallest absolute Gasteiger partial charge is 0.337 e. The average Bonchev–Trinajstić information content (AvgIpc) is 3.06. The van der Waals surface area contributed by atoms with Gasteiger partial charge in [-0.1, -0.05) is 11.6 Å². The van der Waals surface area contributed by atoms with E-state index in [-0.39, 0.29) is 17.2 Å². The van der Waals surface area contributed by atoms with Crippen LogP contribution in [0.25, 0.3) is 0 Å². The van der Waals surface area contributed by atoms with E-state index >= 15 is 0 Å². The zero-order valence-corrected chi connectivity index (χ0v) is 16.1. The Balaban J connectivity index is 2.15. The van der Waals surface area contributed by atoms with Crippen molar-refractivity contribution in [3.05, 3.63) is 52.0 Å². The maximum absolute atomic E-state index is 13.3. The SMILES string of the molecule is COC(=O)c1cc(C)c2c(c1)N(S(=O)(=O)c1cc(Cl)ccc1OC)CC2. The number of esters is 1. The number of hydrogen-bond donors (Lipinski definition) is 0. The van der Waals surface area contributed by atoms with E-state index < -0.39 is 16.0 Å². The fraction of sp³-hybridized carbons (Fsp3) is 0.278. The van der Waals surface area contributed by atoms with Gasteiger partial charge in [-0.15, -0.1) is 0 Å². The molecule has 26 heavy (non-hydrogen) atoms. The van der Waals surface area contributed by atoms with Gasteiger partial charge in [0.1, 0.15) is 10.6 Å². The lowest BCUT2D eigenvalue weighted by Crippen LogP contribution is -2.29. The van der Waals surface area contributed by atoms with E-state index in [1.54, 1.807) is 18.2 Å². The van der Waals surface area contributed by atoms with Gasteiger partial charge in [0.05, 0.1) is 25.5 Å². The van der Waals surface area contributed by atoms with Gasteiger partial charge in [-0.25, -0.2) is 13.2 Å². The number of aryl methyl sites for hydroxylation is 1. The summed E-state index contributed by atoms with van der Waals surface area (Å²) < 4.78 is 37.8. The summed E-state index contributed by atoms with van der Waals surface area (Å²) >= 11 is 6.00. The lowest BCUT2D eigenvalue weighted by atomic mass is 10.0. The van der Waals surface area contributed by atoms with E-state index in [0.29, 0.717) is 22.7 Å². The highest BCUT2D eigenvalue weighted by atomic mass is 35.5. The summed E-state index contributed by atoms with van der Waals surface area (Å²) in [6.07, 6.45) is 0.560. The molecule has 2 aromatic rings. The van der Waals surface area contributed by atoms with Crippen LogP contribution < -0.4 is 9.04 Å². The Morgan fingerprint density at radius 3 is 2.58 bits per heavy atom. The molecule has 8 heteroatoms. The summed E-state index contributed by atoms with van der Waals surface area (Å²) in [7, 11) is -1.22. The van der Waals surface area contributed by atoms with Crippen LogP contribution in [0.5, 0.6) is 5.75 Å². The van der Waals surface area contributed by atoms with Crippen LogP contribution in [0.15, 0.2) is 35.2 Å². The minimum atomic E-state index is -3.91. The number of ether oxygens (including phenoxy) is 2. The molecule has 0 unspecified atom stereocenters. The minimum absolute atomic E-state index is 0.0125. The van der Waals surface area contributed by atoms with Crippen LogP contribution in [0, 0.1) is 6.92 Å². The van der Waals surface area contributed by atoms with Gasteiger partial charge in [-0.3, -0.25) is 4.31 Å². The van der Waals surface area contributed by atoms with Crippen LogP contribution in [-0.2, 0) is 21.2 Å². The number of rotatable bonds is 4. The number of fused-ring (bicyclic) bond motifs is 1. The van der Waals surface area contributed by atoms with E-state index in [1.165, 1.54) is 30.7 Å². The van der Waals surface area contributed by atoms with Crippen molar-refractivity contribution in [2.75, 3.05) is 25.1 Å². The number of sulfonamides is 1. The van der Waals surface area contributed by atoms with Crippen LogP contribution in [0.4, 0.5) is 5.69 Å². The third-order valence-corrected chi connectivity index (χ3v) is 6.47. The van der Waals surface area contributed by atoms with Crippen molar-refractivity contribution in [3.8, 4) is 5.75 Å². The predicted octanol–water partition coefficient (Wildman–Crippen LogP) is 3.20. The quantitative estimate of drug-likeness (QED) is 0.743. The number of halogens is 1. The van der Waals surface area contributed by atoms with E-state index in [9.17, 15) is 13.2 Å². The van der Waals surface area contributed by atoms with Gasteiger partial charge in [0, 0.05) is 11.6 Å². The zero-order chi connectivity index (χ0) is 19.1. The molecule has 6 nitrogen and oxygen atoms in total. The Labute approximate surface area is 157 Å². The molecule has 0 amide bonds. The number of benzene rings is 2. The maximum Gasteiger partial charge on any atom is 0.337 e. The van der Waals surface area contributed by atoms with Crippen LogP contribution >= 0.6 is 11.6 Å². The van der Waals surface area contributed by atoms with Crippen molar-refractivity contribution in [2.24, 2.45) is 0 Å². The van der Waals surface area contributed by atoms with Crippen LogP contribution in [0.2, 0.25) is 5.02 Å². The van der Waals surface area contributed by atoms with Crippen LogP contribution in [-0.4, -0.2) is 35.2 Å². The monoisotopic (exact) mass is 395 g/mol. The number of nitrogens with zero attached hydrogens (tertiary/aromatic N) is 1. The van der Waals surface area contributed by atoms with Crippen molar-refractivity contribution in [1.82, 2.24) is 0 Å². The van der Waals surface area contributed by atoms with Gasteiger partial charge in [0.15, 0.2) is 0 Å². The Bertz CT molecular complexity index is 987. The summed E-state index contributed by atoms with van der Waals surface area (Å²) in [4.78, 5) is 11.9. The minimum Gasteiger partial charge on any atom is -0.495 e. The summed E-state index contributed by atoms with van der Waals surface area (Å²) in [5.41, 5.74) is 2.53. The normalized spacial score (nSPS) is 13.5.